The number of fused-ring (bicyclic) bond motifs is 3. The first-order valence-electron chi connectivity index (χ1n) is 10.8. The lowest BCUT2D eigenvalue weighted by Gasteiger charge is -2.23. The Morgan fingerprint density at radius 3 is 2.76 bits per heavy atom. The van der Waals surface area contributed by atoms with Crippen LogP contribution >= 0.6 is 11.3 Å². The Hall–Kier alpha value is -3.11. The highest BCUT2D eigenvalue weighted by Crippen LogP contribution is 2.34. The van der Waals surface area contributed by atoms with Crippen LogP contribution in [0, 0.1) is 5.82 Å². The topological polar surface area (TPSA) is 59.8 Å². The second-order valence-corrected chi connectivity index (χ2v) is 9.39. The molecule has 1 N–H and O–H groups in total. The molecule has 34 heavy (non-hydrogen) atoms. The number of benzene rings is 1. The van der Waals surface area contributed by atoms with Crippen LogP contribution in [0.1, 0.15) is 33.7 Å². The normalized spacial score (nSPS) is 16.1. The number of aryl methyl sites for hydroxylation is 1. The van der Waals surface area contributed by atoms with E-state index in [0.717, 1.165) is 28.6 Å². The Morgan fingerprint density at radius 1 is 1.18 bits per heavy atom. The van der Waals surface area contributed by atoms with Gasteiger partial charge >= 0.3 is 6.18 Å². The van der Waals surface area contributed by atoms with Gasteiger partial charge in [0.2, 0.25) is 0 Å². The average molecular weight is 489 g/mol. The molecule has 1 aliphatic carbocycles. The Bertz CT molecular complexity index is 1400. The minimum atomic E-state index is -4.57. The fraction of sp³-hybridized carbons (Fsp3) is 0.292. The van der Waals surface area contributed by atoms with Gasteiger partial charge in [-0.15, -0.1) is 11.3 Å². The molecule has 5 nitrogen and oxygen atoms in total. The van der Waals surface area contributed by atoms with Crippen molar-refractivity contribution in [2.75, 3.05) is 0 Å². The summed E-state index contributed by atoms with van der Waals surface area (Å²) < 4.78 is 54.0. The predicted octanol–water partition coefficient (Wildman–Crippen LogP) is 4.71. The van der Waals surface area contributed by atoms with Crippen LogP contribution in [-0.2, 0) is 32.1 Å². The van der Waals surface area contributed by atoms with Crippen molar-refractivity contribution in [3.63, 3.8) is 0 Å². The number of alkyl halides is 3. The molecule has 0 aliphatic heterocycles. The molecule has 4 aromatic rings. The zero-order chi connectivity index (χ0) is 23.9. The van der Waals surface area contributed by atoms with E-state index < -0.39 is 17.6 Å². The van der Waals surface area contributed by atoms with Crippen molar-refractivity contribution in [2.24, 2.45) is 0 Å². The average Bonchev–Trinajstić information content (AvgIpc) is 3.18. The SMILES string of the molecule is O=c1c2c3c(sc2ncn1Cc1ccccn1)CC(NCc1ccc(C(F)(F)F)cc1F)CC3. The number of hydrogen-bond acceptors (Lipinski definition) is 5. The number of rotatable bonds is 5. The molecule has 10 heteroatoms. The van der Waals surface area contributed by atoms with Gasteiger partial charge in [-0.2, -0.15) is 13.2 Å². The van der Waals surface area contributed by atoms with Crippen LogP contribution in [0.15, 0.2) is 53.7 Å². The van der Waals surface area contributed by atoms with E-state index in [2.05, 4.69) is 15.3 Å². The Balaban J connectivity index is 1.32. The summed E-state index contributed by atoms with van der Waals surface area (Å²) in [6, 6.07) is 8.17. The number of nitrogens with one attached hydrogen (secondary N) is 1. The summed E-state index contributed by atoms with van der Waals surface area (Å²) in [7, 11) is 0. The number of hydrogen-bond donors (Lipinski definition) is 1. The highest BCUT2D eigenvalue weighted by molar-refractivity contribution is 7.18. The van der Waals surface area contributed by atoms with E-state index in [-0.39, 0.29) is 23.7 Å². The van der Waals surface area contributed by atoms with E-state index in [1.165, 1.54) is 17.4 Å². The van der Waals surface area contributed by atoms with Gasteiger partial charge in [-0.05, 0) is 49.1 Å². The van der Waals surface area contributed by atoms with Crippen molar-refractivity contribution in [1.82, 2.24) is 19.9 Å². The first kappa shape index (κ1) is 22.7. The highest BCUT2D eigenvalue weighted by atomic mass is 32.1. The summed E-state index contributed by atoms with van der Waals surface area (Å²) in [5.74, 6) is -0.877. The Morgan fingerprint density at radius 2 is 2.03 bits per heavy atom. The molecule has 1 unspecified atom stereocenters. The summed E-state index contributed by atoms with van der Waals surface area (Å²) in [4.78, 5) is 23.7. The molecule has 5 rings (SSSR count). The van der Waals surface area contributed by atoms with Gasteiger partial charge in [0.15, 0.2) is 0 Å². The second kappa shape index (κ2) is 8.92. The zero-order valence-electron chi connectivity index (χ0n) is 17.9. The maximum Gasteiger partial charge on any atom is 0.416 e. The van der Waals surface area contributed by atoms with Crippen LogP contribution in [0.4, 0.5) is 17.6 Å². The van der Waals surface area contributed by atoms with Gasteiger partial charge in [-0.1, -0.05) is 12.1 Å². The molecule has 0 fully saturated rings. The van der Waals surface area contributed by atoms with E-state index >= 15 is 0 Å². The van der Waals surface area contributed by atoms with Crippen LogP contribution in [0.2, 0.25) is 0 Å². The molecule has 0 radical (unpaired) electrons. The standard InChI is InChI=1S/C24H20F4N4OS/c25-19-9-15(24(26,27)28)5-4-14(19)11-30-16-6-7-18-20(10-16)34-22-21(18)23(33)32(13-31-22)12-17-3-1-2-8-29-17/h1-5,8-9,13,16,30H,6-7,10-12H2. The first-order chi connectivity index (χ1) is 16.3. The van der Waals surface area contributed by atoms with Crippen LogP contribution in [0.3, 0.4) is 0 Å². The third kappa shape index (κ3) is 4.47. The lowest BCUT2D eigenvalue weighted by molar-refractivity contribution is -0.137. The molecule has 0 bridgehead atoms. The zero-order valence-corrected chi connectivity index (χ0v) is 18.7. The molecule has 0 amide bonds. The summed E-state index contributed by atoms with van der Waals surface area (Å²) >= 11 is 1.48. The molecule has 3 aromatic heterocycles. The first-order valence-corrected chi connectivity index (χ1v) is 11.6. The summed E-state index contributed by atoms with van der Waals surface area (Å²) in [5, 5.41) is 3.90. The molecule has 3 heterocycles. The predicted molar refractivity (Wildman–Crippen MR) is 121 cm³/mol. The molecular weight excluding hydrogens is 468 g/mol. The second-order valence-electron chi connectivity index (χ2n) is 8.31. The summed E-state index contributed by atoms with van der Waals surface area (Å²) in [6.07, 6.45) is 0.714. The number of aromatic nitrogens is 3. The van der Waals surface area contributed by atoms with Crippen molar-refractivity contribution in [3.8, 4) is 0 Å². The van der Waals surface area contributed by atoms with Crippen molar-refractivity contribution >= 4 is 21.6 Å². The molecule has 0 spiro atoms. The van der Waals surface area contributed by atoms with Crippen molar-refractivity contribution in [3.05, 3.63) is 92.4 Å². The van der Waals surface area contributed by atoms with Crippen LogP contribution in [0.5, 0.6) is 0 Å². The molecule has 1 atom stereocenters. The molecular formula is C24H20F4N4OS. The monoisotopic (exact) mass is 488 g/mol. The van der Waals surface area contributed by atoms with E-state index in [1.807, 2.05) is 18.2 Å². The van der Waals surface area contributed by atoms with Gasteiger partial charge in [0, 0.05) is 29.2 Å². The quantitative estimate of drug-likeness (QED) is 0.414. The van der Waals surface area contributed by atoms with Crippen molar-refractivity contribution < 1.29 is 17.6 Å². The number of pyridine rings is 1. The lowest BCUT2D eigenvalue weighted by Crippen LogP contribution is -2.34. The Kier molecular flexibility index (Phi) is 5.95. The molecule has 0 saturated heterocycles. The van der Waals surface area contributed by atoms with Gasteiger partial charge in [-0.25, -0.2) is 9.37 Å². The van der Waals surface area contributed by atoms with Gasteiger partial charge in [0.25, 0.3) is 5.56 Å². The van der Waals surface area contributed by atoms with Crippen molar-refractivity contribution in [1.29, 1.82) is 0 Å². The van der Waals surface area contributed by atoms with Gasteiger partial charge < -0.3 is 5.32 Å². The smallest absolute Gasteiger partial charge is 0.309 e. The molecule has 1 aliphatic rings. The van der Waals surface area contributed by atoms with E-state index in [4.69, 9.17) is 0 Å². The summed E-state index contributed by atoms with van der Waals surface area (Å²) in [5.41, 5.74) is 0.879. The fourth-order valence-electron chi connectivity index (χ4n) is 4.28. The number of nitrogens with zero attached hydrogens (tertiary/aromatic N) is 3. The maximum atomic E-state index is 14.2. The minimum absolute atomic E-state index is 0.0259. The molecule has 0 saturated carbocycles. The fourth-order valence-corrected chi connectivity index (χ4v) is 5.53. The van der Waals surface area contributed by atoms with Crippen LogP contribution in [-0.4, -0.2) is 20.6 Å². The molecule has 1 aromatic carbocycles. The van der Waals surface area contributed by atoms with E-state index in [9.17, 15) is 22.4 Å². The van der Waals surface area contributed by atoms with Crippen LogP contribution < -0.4 is 10.9 Å². The molecule has 176 valence electrons. The third-order valence-corrected chi connectivity index (χ3v) is 7.22. The third-order valence-electron chi connectivity index (χ3n) is 6.06. The minimum Gasteiger partial charge on any atom is -0.309 e. The van der Waals surface area contributed by atoms with Gasteiger partial charge in [0.1, 0.15) is 10.6 Å². The summed E-state index contributed by atoms with van der Waals surface area (Å²) in [6.45, 7) is 0.472. The lowest BCUT2D eigenvalue weighted by atomic mass is 9.93. The van der Waals surface area contributed by atoms with E-state index in [0.29, 0.717) is 35.7 Å². The van der Waals surface area contributed by atoms with Gasteiger partial charge in [0.05, 0.1) is 29.5 Å². The number of thiophene rings is 1. The van der Waals surface area contributed by atoms with Gasteiger partial charge in [-0.3, -0.25) is 14.3 Å². The Labute approximate surface area is 196 Å². The number of halogens is 4. The van der Waals surface area contributed by atoms with E-state index in [1.54, 1.807) is 17.1 Å². The maximum absolute atomic E-state index is 14.2. The largest absolute Gasteiger partial charge is 0.416 e. The van der Waals surface area contributed by atoms with Crippen molar-refractivity contribution in [2.45, 2.75) is 44.6 Å². The highest BCUT2D eigenvalue weighted by Gasteiger charge is 2.31. The van der Waals surface area contributed by atoms with Crippen LogP contribution in [0.25, 0.3) is 10.2 Å².